The largest absolute Gasteiger partial charge is 0.368 e. The van der Waals surface area contributed by atoms with Crippen molar-refractivity contribution in [2.45, 2.75) is 27.3 Å². The van der Waals surface area contributed by atoms with Gasteiger partial charge in [-0.3, -0.25) is 9.59 Å². The maximum absolute atomic E-state index is 13.2. The molecule has 8 nitrogen and oxygen atoms in total. The van der Waals surface area contributed by atoms with Gasteiger partial charge in [0.2, 0.25) is 5.91 Å². The van der Waals surface area contributed by atoms with Crippen molar-refractivity contribution in [3.63, 3.8) is 0 Å². The van der Waals surface area contributed by atoms with Crippen LogP contribution in [0.1, 0.15) is 16.9 Å². The van der Waals surface area contributed by atoms with Crippen LogP contribution in [-0.4, -0.2) is 51.9 Å². The van der Waals surface area contributed by atoms with Gasteiger partial charge in [0.1, 0.15) is 18.0 Å². The topological polar surface area (TPSA) is 84.5 Å². The number of piperazine rings is 1. The van der Waals surface area contributed by atoms with Gasteiger partial charge >= 0.3 is 0 Å². The molecule has 1 amide bonds. The normalized spacial score (nSPS) is 14.1. The lowest BCUT2D eigenvalue weighted by atomic mass is 10.1. The van der Waals surface area contributed by atoms with Crippen LogP contribution in [0.4, 0.5) is 5.69 Å². The summed E-state index contributed by atoms with van der Waals surface area (Å²) in [7, 11) is 0. The van der Waals surface area contributed by atoms with E-state index in [0.717, 1.165) is 18.7 Å². The molecule has 0 spiro atoms. The highest BCUT2D eigenvalue weighted by Crippen LogP contribution is 2.28. The number of hydrogen-bond acceptors (Lipinski definition) is 6. The number of amides is 1. The zero-order valence-electron chi connectivity index (χ0n) is 19.9. The van der Waals surface area contributed by atoms with Crippen LogP contribution in [0.2, 0.25) is 5.02 Å². The van der Waals surface area contributed by atoms with E-state index in [9.17, 15) is 9.59 Å². The summed E-state index contributed by atoms with van der Waals surface area (Å²) in [6, 6.07) is 13.4. The summed E-state index contributed by atoms with van der Waals surface area (Å²) >= 11 is 6.04. The molecule has 0 aliphatic carbocycles. The van der Waals surface area contributed by atoms with E-state index in [4.69, 9.17) is 16.1 Å². The number of hydrogen-bond donors (Lipinski definition) is 0. The first-order valence-corrected chi connectivity index (χ1v) is 11.9. The van der Waals surface area contributed by atoms with E-state index in [1.807, 2.05) is 12.1 Å². The summed E-state index contributed by atoms with van der Waals surface area (Å²) in [5, 5.41) is 9.65. The Morgan fingerprint density at radius 3 is 2.46 bits per heavy atom. The molecule has 35 heavy (non-hydrogen) atoms. The molecule has 0 radical (unpaired) electrons. The van der Waals surface area contributed by atoms with Crippen LogP contribution < -0.4 is 10.5 Å². The van der Waals surface area contributed by atoms with E-state index in [2.05, 4.69) is 47.2 Å². The van der Waals surface area contributed by atoms with Gasteiger partial charge in [-0.25, -0.2) is 4.68 Å². The number of aromatic nitrogens is 3. The third-order valence-electron chi connectivity index (χ3n) is 6.71. The molecule has 0 saturated carbocycles. The van der Waals surface area contributed by atoms with Crippen molar-refractivity contribution in [1.29, 1.82) is 0 Å². The molecule has 4 aromatic rings. The predicted octanol–water partition coefficient (Wildman–Crippen LogP) is 3.98. The fraction of sp³-hybridized carbons (Fsp3) is 0.308. The molecule has 1 aliphatic heterocycles. The first-order valence-electron chi connectivity index (χ1n) is 11.6. The lowest BCUT2D eigenvalue weighted by molar-refractivity contribution is -0.132. The Labute approximate surface area is 207 Å². The van der Waals surface area contributed by atoms with Gasteiger partial charge in [0, 0.05) is 42.5 Å². The highest BCUT2D eigenvalue weighted by atomic mass is 35.5. The number of anilines is 1. The Morgan fingerprint density at radius 1 is 1.03 bits per heavy atom. The Morgan fingerprint density at radius 2 is 1.74 bits per heavy atom. The zero-order chi connectivity index (χ0) is 24.7. The third-order valence-corrected chi connectivity index (χ3v) is 6.96. The maximum Gasteiger partial charge on any atom is 0.297 e. The molecule has 1 fully saturated rings. The van der Waals surface area contributed by atoms with E-state index in [0.29, 0.717) is 35.0 Å². The Hall–Kier alpha value is -3.65. The fourth-order valence-electron chi connectivity index (χ4n) is 4.56. The van der Waals surface area contributed by atoms with Gasteiger partial charge in [0.15, 0.2) is 5.52 Å². The van der Waals surface area contributed by atoms with Crippen LogP contribution in [0.15, 0.2) is 51.8 Å². The summed E-state index contributed by atoms with van der Waals surface area (Å²) in [5.74, 6) is 0.345. The van der Waals surface area contributed by atoms with Crippen molar-refractivity contribution < 1.29 is 9.32 Å². The van der Waals surface area contributed by atoms with E-state index in [1.54, 1.807) is 24.0 Å². The van der Waals surface area contributed by atoms with Crippen LogP contribution >= 0.6 is 11.6 Å². The lowest BCUT2D eigenvalue weighted by Gasteiger charge is -2.37. The lowest BCUT2D eigenvalue weighted by Crippen LogP contribution is -2.50. The second-order valence-corrected chi connectivity index (χ2v) is 9.30. The average Bonchev–Trinajstić information content (AvgIpc) is 3.25. The molecule has 0 atom stereocenters. The van der Waals surface area contributed by atoms with Crippen LogP contribution in [0, 0.1) is 20.8 Å². The summed E-state index contributed by atoms with van der Waals surface area (Å²) in [6.07, 6.45) is 0. The highest BCUT2D eigenvalue weighted by Gasteiger charge is 2.25. The fourth-order valence-corrected chi connectivity index (χ4v) is 4.68. The zero-order valence-corrected chi connectivity index (χ0v) is 20.7. The van der Waals surface area contributed by atoms with Crippen molar-refractivity contribution in [3.05, 3.63) is 74.7 Å². The second kappa shape index (κ2) is 9.19. The van der Waals surface area contributed by atoms with Gasteiger partial charge in [-0.15, -0.1) is 0 Å². The summed E-state index contributed by atoms with van der Waals surface area (Å²) in [6.45, 7) is 8.43. The van der Waals surface area contributed by atoms with Gasteiger partial charge in [-0.2, -0.15) is 5.10 Å². The molecule has 0 bridgehead atoms. The monoisotopic (exact) mass is 491 g/mol. The number of rotatable bonds is 4. The third kappa shape index (κ3) is 4.30. The SMILES string of the molecule is Cc1cccc(N2CCN(C(=O)Cn3nc(-c4ccc(Cl)cc4)c4c(C)onc4c3=O)CC2)c1C. The van der Waals surface area contributed by atoms with E-state index in [-0.39, 0.29) is 18.0 Å². The quantitative estimate of drug-likeness (QED) is 0.429. The Bertz CT molecular complexity index is 1470. The second-order valence-electron chi connectivity index (χ2n) is 8.87. The number of nitrogens with zero attached hydrogens (tertiary/aromatic N) is 5. The van der Waals surface area contributed by atoms with Crippen LogP contribution in [-0.2, 0) is 11.3 Å². The van der Waals surface area contributed by atoms with Crippen LogP contribution in [0.25, 0.3) is 22.2 Å². The summed E-state index contributed by atoms with van der Waals surface area (Å²) in [5.41, 5.74) is 4.72. The van der Waals surface area contributed by atoms with Gasteiger partial charge in [0.25, 0.3) is 5.56 Å². The first kappa shape index (κ1) is 23.1. The number of carbonyl (C=O) groups excluding carboxylic acids is 1. The molecule has 0 N–H and O–H groups in total. The van der Waals surface area contributed by atoms with Gasteiger partial charge < -0.3 is 14.3 Å². The molecule has 180 valence electrons. The van der Waals surface area contributed by atoms with Crippen molar-refractivity contribution in [3.8, 4) is 11.3 Å². The summed E-state index contributed by atoms with van der Waals surface area (Å²) < 4.78 is 6.49. The molecule has 2 aromatic heterocycles. The van der Waals surface area contributed by atoms with Crippen molar-refractivity contribution >= 4 is 34.1 Å². The molecular weight excluding hydrogens is 466 g/mol. The number of carbonyl (C=O) groups is 1. The molecule has 9 heteroatoms. The minimum absolute atomic E-state index is 0.151. The molecule has 5 rings (SSSR count). The molecule has 2 aromatic carbocycles. The molecule has 3 heterocycles. The summed E-state index contributed by atoms with van der Waals surface area (Å²) in [4.78, 5) is 30.3. The maximum atomic E-state index is 13.2. The van der Waals surface area contributed by atoms with Gasteiger partial charge in [-0.05, 0) is 50.1 Å². The van der Waals surface area contributed by atoms with Crippen molar-refractivity contribution in [1.82, 2.24) is 19.8 Å². The Balaban J connectivity index is 1.38. The molecule has 0 unspecified atom stereocenters. The molecular formula is C26H26ClN5O3. The standard InChI is InChI=1S/C26H26ClN5O3/c1-16-5-4-6-21(17(16)2)30-11-13-31(14-12-30)22(33)15-32-26(34)25-23(18(3)35-29-25)24(28-32)19-7-9-20(27)10-8-19/h4-10H,11-15H2,1-3H3. The number of aryl methyl sites for hydroxylation is 2. The highest BCUT2D eigenvalue weighted by molar-refractivity contribution is 6.30. The van der Waals surface area contributed by atoms with Crippen molar-refractivity contribution in [2.24, 2.45) is 0 Å². The minimum Gasteiger partial charge on any atom is -0.368 e. The number of fused-ring (bicyclic) bond motifs is 1. The van der Waals surface area contributed by atoms with Crippen molar-refractivity contribution in [2.75, 3.05) is 31.1 Å². The van der Waals surface area contributed by atoms with E-state index < -0.39 is 5.56 Å². The van der Waals surface area contributed by atoms with E-state index in [1.165, 1.54) is 21.5 Å². The first-order chi connectivity index (χ1) is 16.8. The molecule has 1 aliphatic rings. The van der Waals surface area contributed by atoms with Gasteiger partial charge in [0.05, 0.1) is 5.39 Å². The average molecular weight is 492 g/mol. The minimum atomic E-state index is -0.447. The predicted molar refractivity (Wildman–Crippen MR) is 136 cm³/mol. The van der Waals surface area contributed by atoms with Gasteiger partial charge in [-0.1, -0.05) is 41.0 Å². The Kier molecular flexibility index (Phi) is 6.06. The van der Waals surface area contributed by atoms with E-state index >= 15 is 0 Å². The number of halogens is 1. The number of benzene rings is 2. The smallest absolute Gasteiger partial charge is 0.297 e. The van der Waals surface area contributed by atoms with Crippen LogP contribution in [0.5, 0.6) is 0 Å². The van der Waals surface area contributed by atoms with Crippen LogP contribution in [0.3, 0.4) is 0 Å². The molecule has 1 saturated heterocycles.